The molecule has 1 aliphatic heterocycles. The summed E-state index contributed by atoms with van der Waals surface area (Å²) in [5, 5.41) is 56.8. The lowest BCUT2D eigenvalue weighted by atomic mass is 9.99. The molecule has 0 spiro atoms. The first-order valence-corrected chi connectivity index (χ1v) is 28.7. The lowest BCUT2D eigenvalue weighted by Crippen LogP contribution is -2.61. The predicted molar refractivity (Wildman–Crippen MR) is 301 cm³/mol. The van der Waals surface area contributed by atoms with Crippen molar-refractivity contribution in [3.8, 4) is 0 Å². The Labute approximate surface area is 443 Å². The summed E-state index contributed by atoms with van der Waals surface area (Å²) in [6.45, 7) is 5.55. The number of carbonyl (C=O) groups is 2. The van der Waals surface area contributed by atoms with Gasteiger partial charge >= 0.3 is 5.97 Å². The topological polar surface area (TPSA) is 175 Å². The monoisotopic (exact) mass is 1020 g/mol. The fourth-order valence-corrected chi connectivity index (χ4v) is 8.21. The van der Waals surface area contributed by atoms with Crippen molar-refractivity contribution in [1.29, 1.82) is 0 Å². The number of allylic oxidation sites excluding steroid dienone is 17. The van der Waals surface area contributed by atoms with Gasteiger partial charge in [0.1, 0.15) is 24.4 Å². The van der Waals surface area contributed by atoms with Crippen molar-refractivity contribution >= 4 is 11.9 Å². The van der Waals surface area contributed by atoms with Crippen LogP contribution in [0.25, 0.3) is 0 Å². The standard InChI is InChI=1S/C62H103NO10/c1-4-7-10-13-16-19-22-25-27-28-29-32-35-38-41-44-47-50-57(67)73-60-59(69)58(68)56(51-64)72-62(60)71-52-53(54(65)48-45-42-39-36-33-30-24-21-18-15-12-9-6-3)63-61(70)55(66)49-46-43-40-37-34-31-26-23-20-17-14-11-8-5-2/h8,11,14,16-17,19-20,23,25-27,29,31-32,34,37,45,48,53-56,58-60,62,64-66,68-69H,4-7,9-10,12-13,15,18,21-22,24,28,30,33,35-36,38-44,46-47,49-52H2,1-3H3,(H,63,70)/b11-8+,17-14+,19-16-,23-20-,27-25-,31-26-,32-29-,37-34+,48-45+. The zero-order valence-electron chi connectivity index (χ0n) is 45.7. The molecule has 0 aromatic rings. The van der Waals surface area contributed by atoms with E-state index in [2.05, 4.69) is 68.6 Å². The summed E-state index contributed by atoms with van der Waals surface area (Å²) in [5.41, 5.74) is 0. The average molecular weight is 1020 g/mol. The van der Waals surface area contributed by atoms with Gasteiger partial charge in [-0.25, -0.2) is 0 Å². The Morgan fingerprint density at radius 1 is 0.562 bits per heavy atom. The number of esters is 1. The molecule has 1 amide bonds. The lowest BCUT2D eigenvalue weighted by Gasteiger charge is -2.41. The fourth-order valence-electron chi connectivity index (χ4n) is 8.21. The van der Waals surface area contributed by atoms with Gasteiger partial charge in [-0.05, 0) is 83.5 Å². The Hall–Kier alpha value is -3.68. The maximum absolute atomic E-state index is 13.4. The molecule has 6 N–H and O–H groups in total. The highest BCUT2D eigenvalue weighted by molar-refractivity contribution is 5.80. The minimum atomic E-state index is -1.64. The van der Waals surface area contributed by atoms with Gasteiger partial charge in [0.15, 0.2) is 12.4 Å². The lowest BCUT2D eigenvalue weighted by molar-refractivity contribution is -0.305. The van der Waals surface area contributed by atoms with Gasteiger partial charge in [-0.1, -0.05) is 226 Å². The van der Waals surface area contributed by atoms with Crippen LogP contribution in [-0.4, -0.2) is 99.6 Å². The highest BCUT2D eigenvalue weighted by Crippen LogP contribution is 2.26. The molecule has 416 valence electrons. The van der Waals surface area contributed by atoms with E-state index < -0.39 is 67.4 Å². The van der Waals surface area contributed by atoms with Gasteiger partial charge in [-0.15, -0.1) is 0 Å². The molecular formula is C62H103NO10. The van der Waals surface area contributed by atoms with E-state index in [9.17, 15) is 35.1 Å². The normalized spacial score (nSPS) is 20.2. The van der Waals surface area contributed by atoms with E-state index in [-0.39, 0.29) is 19.4 Å². The Morgan fingerprint density at radius 2 is 1.04 bits per heavy atom. The number of rotatable bonds is 46. The van der Waals surface area contributed by atoms with Crippen LogP contribution in [0.1, 0.15) is 207 Å². The van der Waals surface area contributed by atoms with Crippen LogP contribution in [0.5, 0.6) is 0 Å². The quantitative estimate of drug-likeness (QED) is 0.0149. The number of amides is 1. The molecule has 1 fully saturated rings. The van der Waals surface area contributed by atoms with Crippen molar-refractivity contribution in [2.75, 3.05) is 13.2 Å². The van der Waals surface area contributed by atoms with Crippen LogP contribution in [0, 0.1) is 0 Å². The van der Waals surface area contributed by atoms with Crippen LogP contribution in [-0.2, 0) is 23.8 Å². The molecule has 1 aliphatic rings. The van der Waals surface area contributed by atoms with Crippen molar-refractivity contribution < 1.29 is 49.3 Å². The number of hydrogen-bond acceptors (Lipinski definition) is 10. The van der Waals surface area contributed by atoms with Gasteiger partial charge in [-0.3, -0.25) is 9.59 Å². The number of ether oxygens (including phenoxy) is 3. The molecule has 0 bridgehead atoms. The molecule has 1 rings (SSSR count). The van der Waals surface area contributed by atoms with E-state index in [1.165, 1.54) is 70.6 Å². The summed E-state index contributed by atoms with van der Waals surface area (Å²) in [7, 11) is 0. The second-order valence-electron chi connectivity index (χ2n) is 19.4. The molecule has 11 nitrogen and oxygen atoms in total. The third kappa shape index (κ3) is 37.7. The van der Waals surface area contributed by atoms with Crippen LogP contribution in [0.15, 0.2) is 109 Å². The Kier molecular flexibility index (Phi) is 45.4. The first-order valence-electron chi connectivity index (χ1n) is 28.7. The minimum Gasteiger partial charge on any atom is -0.454 e. The summed E-state index contributed by atoms with van der Waals surface area (Å²) in [6, 6.07) is -1.06. The Balaban J connectivity index is 2.80. The second-order valence-corrected chi connectivity index (χ2v) is 19.4. The van der Waals surface area contributed by atoms with Gasteiger partial charge in [0.25, 0.3) is 0 Å². The van der Waals surface area contributed by atoms with Crippen molar-refractivity contribution in [2.24, 2.45) is 0 Å². The highest BCUT2D eigenvalue weighted by Gasteiger charge is 2.47. The summed E-state index contributed by atoms with van der Waals surface area (Å²) in [4.78, 5) is 26.4. The van der Waals surface area contributed by atoms with Crippen molar-refractivity contribution in [3.63, 3.8) is 0 Å². The predicted octanol–water partition coefficient (Wildman–Crippen LogP) is 12.9. The Bertz CT molecular complexity index is 1600. The van der Waals surface area contributed by atoms with E-state index in [0.29, 0.717) is 12.8 Å². The third-order valence-corrected chi connectivity index (χ3v) is 12.8. The van der Waals surface area contributed by atoms with Gasteiger partial charge in [-0.2, -0.15) is 0 Å². The van der Waals surface area contributed by atoms with Crippen molar-refractivity contribution in [3.05, 3.63) is 109 Å². The molecule has 1 saturated heterocycles. The number of carbonyl (C=O) groups excluding carboxylic acids is 2. The number of aliphatic hydroxyl groups excluding tert-OH is 5. The van der Waals surface area contributed by atoms with Crippen LogP contribution >= 0.6 is 0 Å². The molecule has 1 heterocycles. The molecule has 8 unspecified atom stereocenters. The zero-order chi connectivity index (χ0) is 53.3. The van der Waals surface area contributed by atoms with Crippen molar-refractivity contribution in [1.82, 2.24) is 5.32 Å². The molecule has 0 aromatic heterocycles. The number of nitrogens with one attached hydrogen (secondary N) is 1. The van der Waals surface area contributed by atoms with Crippen LogP contribution < -0.4 is 5.32 Å². The fraction of sp³-hybridized carbons (Fsp3) is 0.677. The van der Waals surface area contributed by atoms with E-state index in [4.69, 9.17) is 14.2 Å². The van der Waals surface area contributed by atoms with Crippen LogP contribution in [0.4, 0.5) is 0 Å². The second kappa shape index (κ2) is 49.2. The number of aliphatic hydroxyl groups is 5. The molecule has 11 heteroatoms. The average Bonchev–Trinajstić information content (AvgIpc) is 3.39. The third-order valence-electron chi connectivity index (χ3n) is 12.8. The smallest absolute Gasteiger partial charge is 0.306 e. The highest BCUT2D eigenvalue weighted by atomic mass is 16.7. The molecule has 0 saturated carbocycles. The molecular weight excluding hydrogens is 919 g/mol. The zero-order valence-corrected chi connectivity index (χ0v) is 45.7. The molecule has 0 aromatic carbocycles. The van der Waals surface area contributed by atoms with Crippen LogP contribution in [0.3, 0.4) is 0 Å². The van der Waals surface area contributed by atoms with Gasteiger partial charge in [0, 0.05) is 6.42 Å². The first kappa shape index (κ1) is 67.3. The first-order chi connectivity index (χ1) is 35.7. The van der Waals surface area contributed by atoms with E-state index in [1.807, 2.05) is 60.8 Å². The summed E-state index contributed by atoms with van der Waals surface area (Å²) < 4.78 is 17.5. The van der Waals surface area contributed by atoms with Gasteiger partial charge in [0.05, 0.1) is 25.4 Å². The summed E-state index contributed by atoms with van der Waals surface area (Å²) in [5.74, 6) is -1.27. The van der Waals surface area contributed by atoms with E-state index >= 15 is 0 Å². The van der Waals surface area contributed by atoms with Crippen LogP contribution in [0.2, 0.25) is 0 Å². The maximum atomic E-state index is 13.4. The summed E-state index contributed by atoms with van der Waals surface area (Å²) >= 11 is 0. The molecule has 0 radical (unpaired) electrons. The van der Waals surface area contributed by atoms with Gasteiger partial charge < -0.3 is 45.1 Å². The number of unbranched alkanes of at least 4 members (excludes halogenated alkanes) is 20. The van der Waals surface area contributed by atoms with Gasteiger partial charge in [0.2, 0.25) is 5.91 Å². The molecule has 0 aliphatic carbocycles. The number of hydrogen-bond donors (Lipinski definition) is 6. The molecule has 73 heavy (non-hydrogen) atoms. The minimum absolute atomic E-state index is 0.0862. The largest absolute Gasteiger partial charge is 0.454 e. The maximum Gasteiger partial charge on any atom is 0.306 e. The molecule has 8 atom stereocenters. The Morgan fingerprint density at radius 3 is 1.63 bits per heavy atom. The van der Waals surface area contributed by atoms with Crippen molar-refractivity contribution in [2.45, 2.75) is 256 Å². The SMILES string of the molecule is CC/C=C/C=C/C=C\C=C/C=C/CCCCC(O)C(=O)NC(COC1OC(CO)C(O)C(O)C1OC(=O)CCCCCC/C=C\C/C=C\C/C=C\CCCCC)C(O)/C=C/CCCCCCCCCCCCC. The van der Waals surface area contributed by atoms with E-state index in [0.717, 1.165) is 89.9 Å². The van der Waals surface area contributed by atoms with E-state index in [1.54, 1.807) is 6.08 Å². The summed E-state index contributed by atoms with van der Waals surface area (Å²) in [6.07, 6.45) is 55.5.